The van der Waals surface area contributed by atoms with Gasteiger partial charge in [0, 0.05) is 16.2 Å². The molecule has 0 N–H and O–H groups in total. The second kappa shape index (κ2) is 5.69. The van der Waals surface area contributed by atoms with Gasteiger partial charge in [0.05, 0.1) is 6.61 Å². The Bertz CT molecular complexity index is 797. The average Bonchev–Trinajstić information content (AvgIpc) is 2.87. The van der Waals surface area contributed by atoms with Crippen LogP contribution in [0.25, 0.3) is 16.9 Å². The van der Waals surface area contributed by atoms with Gasteiger partial charge in [0.2, 0.25) is 0 Å². The van der Waals surface area contributed by atoms with Crippen molar-refractivity contribution < 1.29 is 9.53 Å². The summed E-state index contributed by atoms with van der Waals surface area (Å²) in [5.74, 6) is -0.373. The number of aromatic nitrogens is 2. The zero-order valence-corrected chi connectivity index (χ0v) is 13.0. The summed E-state index contributed by atoms with van der Waals surface area (Å²) < 4.78 is 7.81. The van der Waals surface area contributed by atoms with E-state index in [2.05, 4.69) is 20.9 Å². The Morgan fingerprint density at radius 1 is 1.24 bits per heavy atom. The van der Waals surface area contributed by atoms with E-state index in [1.165, 1.54) is 0 Å². The molecule has 3 aromatic rings. The molecule has 0 aliphatic heterocycles. The lowest BCUT2D eigenvalue weighted by atomic mass is 10.1. The van der Waals surface area contributed by atoms with E-state index in [0.717, 1.165) is 10.0 Å². The van der Waals surface area contributed by atoms with Crippen molar-refractivity contribution in [3.63, 3.8) is 0 Å². The minimum Gasteiger partial charge on any atom is -0.461 e. The van der Waals surface area contributed by atoms with E-state index in [1.807, 2.05) is 48.7 Å². The molecule has 0 saturated heterocycles. The fraction of sp³-hybridized carbons (Fsp3) is 0.125. The molecule has 0 atom stereocenters. The second-order valence-corrected chi connectivity index (χ2v) is 5.39. The van der Waals surface area contributed by atoms with E-state index in [4.69, 9.17) is 4.74 Å². The topological polar surface area (TPSA) is 43.6 Å². The summed E-state index contributed by atoms with van der Waals surface area (Å²) in [6.07, 6.45) is 1.82. The number of carbonyl (C=O) groups is 1. The highest BCUT2D eigenvalue weighted by Gasteiger charge is 2.21. The number of fused-ring (bicyclic) bond motifs is 1. The summed E-state index contributed by atoms with van der Waals surface area (Å²) in [5, 5.41) is 0. The van der Waals surface area contributed by atoms with Crippen LogP contribution in [-0.2, 0) is 4.74 Å². The Morgan fingerprint density at radius 2 is 2.00 bits per heavy atom. The third-order valence-electron chi connectivity index (χ3n) is 3.10. The fourth-order valence-electron chi connectivity index (χ4n) is 2.21. The molecular weight excluding hydrogens is 332 g/mol. The predicted molar refractivity (Wildman–Crippen MR) is 84.3 cm³/mol. The van der Waals surface area contributed by atoms with Crippen molar-refractivity contribution in [2.75, 3.05) is 6.61 Å². The molecule has 106 valence electrons. The van der Waals surface area contributed by atoms with Crippen LogP contribution < -0.4 is 0 Å². The number of rotatable bonds is 3. The van der Waals surface area contributed by atoms with Crippen molar-refractivity contribution in [3.8, 4) is 11.3 Å². The monoisotopic (exact) mass is 344 g/mol. The number of imidazole rings is 1. The largest absolute Gasteiger partial charge is 0.461 e. The molecule has 5 heteroatoms. The Morgan fingerprint density at radius 3 is 2.71 bits per heavy atom. The molecule has 0 aliphatic carbocycles. The first-order chi connectivity index (χ1) is 10.2. The minimum absolute atomic E-state index is 0.328. The van der Waals surface area contributed by atoms with Crippen LogP contribution in [-0.4, -0.2) is 22.0 Å². The van der Waals surface area contributed by atoms with Crippen molar-refractivity contribution in [1.82, 2.24) is 9.38 Å². The number of benzene rings is 1. The number of pyridine rings is 1. The Balaban J connectivity index is 2.28. The lowest BCUT2D eigenvalue weighted by molar-refractivity contribution is 0.0519. The summed E-state index contributed by atoms with van der Waals surface area (Å²) in [7, 11) is 0. The lowest BCUT2D eigenvalue weighted by Crippen LogP contribution is -2.09. The van der Waals surface area contributed by atoms with E-state index < -0.39 is 0 Å². The van der Waals surface area contributed by atoms with Gasteiger partial charge < -0.3 is 4.74 Å². The predicted octanol–water partition coefficient (Wildman–Crippen LogP) is 3.94. The van der Waals surface area contributed by atoms with Gasteiger partial charge in [-0.2, -0.15) is 0 Å². The van der Waals surface area contributed by atoms with Gasteiger partial charge in [-0.15, -0.1) is 0 Å². The maximum absolute atomic E-state index is 12.3. The van der Waals surface area contributed by atoms with Crippen molar-refractivity contribution in [1.29, 1.82) is 0 Å². The van der Waals surface area contributed by atoms with Crippen molar-refractivity contribution in [2.45, 2.75) is 6.92 Å². The van der Waals surface area contributed by atoms with Crippen LogP contribution >= 0.6 is 15.9 Å². The zero-order chi connectivity index (χ0) is 14.8. The van der Waals surface area contributed by atoms with E-state index >= 15 is 0 Å². The van der Waals surface area contributed by atoms with E-state index in [9.17, 15) is 4.79 Å². The van der Waals surface area contributed by atoms with Gasteiger partial charge >= 0.3 is 5.97 Å². The van der Waals surface area contributed by atoms with Gasteiger partial charge in [-0.05, 0) is 35.0 Å². The zero-order valence-electron chi connectivity index (χ0n) is 11.4. The number of halogens is 1. The SMILES string of the molecule is CCOC(=O)c1c(-c2ccccc2)nc2ccc(Br)cn12. The first kappa shape index (κ1) is 13.8. The molecule has 0 bridgehead atoms. The summed E-state index contributed by atoms with van der Waals surface area (Å²) in [6.45, 7) is 2.12. The third-order valence-corrected chi connectivity index (χ3v) is 3.57. The highest BCUT2D eigenvalue weighted by molar-refractivity contribution is 9.10. The van der Waals surface area contributed by atoms with Crippen molar-refractivity contribution >= 4 is 27.5 Å². The lowest BCUT2D eigenvalue weighted by Gasteiger charge is -2.05. The number of hydrogen-bond donors (Lipinski definition) is 0. The molecular formula is C16H13BrN2O2. The Labute approximate surface area is 130 Å². The van der Waals surface area contributed by atoms with Gasteiger partial charge in [0.25, 0.3) is 0 Å². The van der Waals surface area contributed by atoms with Gasteiger partial charge in [0.1, 0.15) is 11.3 Å². The van der Waals surface area contributed by atoms with Crippen LogP contribution in [0.5, 0.6) is 0 Å². The van der Waals surface area contributed by atoms with Gasteiger partial charge in [-0.25, -0.2) is 9.78 Å². The normalized spacial score (nSPS) is 10.8. The minimum atomic E-state index is -0.373. The number of ether oxygens (including phenoxy) is 1. The summed E-state index contributed by atoms with van der Waals surface area (Å²) in [5.41, 5.74) is 2.67. The van der Waals surface area contributed by atoms with Gasteiger partial charge in [-0.3, -0.25) is 4.40 Å². The van der Waals surface area contributed by atoms with E-state index in [0.29, 0.717) is 23.6 Å². The van der Waals surface area contributed by atoms with Crippen LogP contribution in [0, 0.1) is 0 Å². The molecule has 4 nitrogen and oxygen atoms in total. The molecule has 0 aliphatic rings. The maximum atomic E-state index is 12.3. The van der Waals surface area contributed by atoms with E-state index in [-0.39, 0.29) is 5.97 Å². The molecule has 0 unspecified atom stereocenters. The number of nitrogens with zero attached hydrogens (tertiary/aromatic N) is 2. The quantitative estimate of drug-likeness (QED) is 0.676. The van der Waals surface area contributed by atoms with E-state index in [1.54, 1.807) is 11.3 Å². The molecule has 0 saturated carbocycles. The maximum Gasteiger partial charge on any atom is 0.357 e. The number of carbonyl (C=O) groups excluding carboxylic acids is 1. The fourth-order valence-corrected chi connectivity index (χ4v) is 2.55. The van der Waals surface area contributed by atoms with Crippen molar-refractivity contribution in [2.24, 2.45) is 0 Å². The van der Waals surface area contributed by atoms with Crippen LogP contribution in [0.15, 0.2) is 53.1 Å². The molecule has 3 rings (SSSR count). The Hall–Kier alpha value is -2.14. The molecule has 2 heterocycles. The first-order valence-electron chi connectivity index (χ1n) is 6.61. The molecule has 0 amide bonds. The standard InChI is InChI=1S/C16H13BrN2O2/c1-2-21-16(20)15-14(11-6-4-3-5-7-11)18-13-9-8-12(17)10-19(13)15/h3-10H,2H2,1H3. The second-order valence-electron chi connectivity index (χ2n) is 4.47. The summed E-state index contributed by atoms with van der Waals surface area (Å²) in [4.78, 5) is 16.9. The number of hydrogen-bond acceptors (Lipinski definition) is 3. The molecule has 0 spiro atoms. The molecule has 0 fully saturated rings. The molecule has 1 aromatic carbocycles. The summed E-state index contributed by atoms with van der Waals surface area (Å²) in [6, 6.07) is 13.4. The van der Waals surface area contributed by atoms with Gasteiger partial charge in [-0.1, -0.05) is 30.3 Å². The first-order valence-corrected chi connectivity index (χ1v) is 7.40. The van der Waals surface area contributed by atoms with Crippen LogP contribution in [0.3, 0.4) is 0 Å². The van der Waals surface area contributed by atoms with Crippen LogP contribution in [0.2, 0.25) is 0 Å². The Kier molecular flexibility index (Phi) is 3.75. The highest BCUT2D eigenvalue weighted by atomic mass is 79.9. The smallest absolute Gasteiger partial charge is 0.357 e. The molecule has 0 radical (unpaired) electrons. The van der Waals surface area contributed by atoms with Crippen LogP contribution in [0.4, 0.5) is 0 Å². The summed E-state index contributed by atoms with van der Waals surface area (Å²) >= 11 is 3.42. The third kappa shape index (κ3) is 2.56. The van der Waals surface area contributed by atoms with Gasteiger partial charge in [0.15, 0.2) is 5.69 Å². The average molecular weight is 345 g/mol. The highest BCUT2D eigenvalue weighted by Crippen LogP contribution is 2.26. The van der Waals surface area contributed by atoms with Crippen LogP contribution in [0.1, 0.15) is 17.4 Å². The molecule has 21 heavy (non-hydrogen) atoms. The number of esters is 1. The molecule has 2 aromatic heterocycles. The van der Waals surface area contributed by atoms with Crippen molar-refractivity contribution in [3.05, 3.63) is 58.8 Å².